The van der Waals surface area contributed by atoms with Crippen LogP contribution in [0.4, 0.5) is 0 Å². The smallest absolute Gasteiger partial charge is 0.239 e. The first-order chi connectivity index (χ1) is 7.66. The lowest BCUT2D eigenvalue weighted by Gasteiger charge is -2.15. The van der Waals surface area contributed by atoms with Gasteiger partial charge < -0.3 is 10.6 Å². The van der Waals surface area contributed by atoms with Gasteiger partial charge in [-0.25, -0.2) is 0 Å². The Morgan fingerprint density at radius 2 is 2.31 bits per heavy atom. The van der Waals surface area contributed by atoms with Crippen molar-refractivity contribution in [3.8, 4) is 0 Å². The number of amides is 1. The number of carbonyl (C=O) groups is 1. The number of nitrogens with two attached hydrogens (primary N) is 1. The molecule has 0 radical (unpaired) electrons. The topological polar surface area (TPSA) is 46.3 Å². The standard InChI is InChI=1S/C12H15ClN2O/c13-10-3-1-2-9(8-10)4-6-15-7-5-11(14)12(15)16/h1-3,8,11H,4-7,14H2. The highest BCUT2D eigenvalue weighted by molar-refractivity contribution is 6.30. The Hall–Kier alpha value is -1.06. The van der Waals surface area contributed by atoms with Crippen molar-refractivity contribution in [3.63, 3.8) is 0 Å². The van der Waals surface area contributed by atoms with Gasteiger partial charge in [0.05, 0.1) is 6.04 Å². The van der Waals surface area contributed by atoms with Gasteiger partial charge in [0.2, 0.25) is 5.91 Å². The summed E-state index contributed by atoms with van der Waals surface area (Å²) in [7, 11) is 0. The summed E-state index contributed by atoms with van der Waals surface area (Å²) in [4.78, 5) is 13.4. The van der Waals surface area contributed by atoms with E-state index in [1.54, 1.807) is 0 Å². The second kappa shape index (κ2) is 4.85. The first-order valence-corrected chi connectivity index (χ1v) is 5.83. The molecule has 4 heteroatoms. The van der Waals surface area contributed by atoms with Gasteiger partial charge in [0.15, 0.2) is 0 Å². The second-order valence-corrected chi connectivity index (χ2v) is 4.54. The molecule has 3 nitrogen and oxygen atoms in total. The van der Waals surface area contributed by atoms with Crippen LogP contribution in [-0.2, 0) is 11.2 Å². The third-order valence-corrected chi connectivity index (χ3v) is 3.13. The molecule has 1 atom stereocenters. The number of likely N-dealkylation sites (tertiary alicyclic amines) is 1. The summed E-state index contributed by atoms with van der Waals surface area (Å²) in [5.74, 6) is 0.0713. The molecule has 0 bridgehead atoms. The molecule has 0 saturated carbocycles. The first-order valence-electron chi connectivity index (χ1n) is 5.45. The van der Waals surface area contributed by atoms with Gasteiger partial charge >= 0.3 is 0 Å². The Bertz CT molecular complexity index is 394. The number of carbonyl (C=O) groups excluding carboxylic acids is 1. The fourth-order valence-electron chi connectivity index (χ4n) is 1.94. The lowest BCUT2D eigenvalue weighted by molar-refractivity contribution is -0.128. The Balaban J connectivity index is 1.90. The highest BCUT2D eigenvalue weighted by Crippen LogP contribution is 2.13. The molecule has 1 heterocycles. The first kappa shape index (κ1) is 11.4. The van der Waals surface area contributed by atoms with Crippen LogP contribution in [0.15, 0.2) is 24.3 Å². The number of hydrogen-bond donors (Lipinski definition) is 1. The third kappa shape index (κ3) is 2.54. The highest BCUT2D eigenvalue weighted by atomic mass is 35.5. The molecule has 0 spiro atoms. The molecule has 0 aromatic heterocycles. The third-order valence-electron chi connectivity index (χ3n) is 2.90. The molecule has 86 valence electrons. The average molecular weight is 239 g/mol. The molecule has 1 aliphatic heterocycles. The maximum Gasteiger partial charge on any atom is 0.239 e. The van der Waals surface area contributed by atoms with E-state index >= 15 is 0 Å². The van der Waals surface area contributed by atoms with Crippen molar-refractivity contribution in [3.05, 3.63) is 34.9 Å². The molecule has 1 saturated heterocycles. The van der Waals surface area contributed by atoms with E-state index in [0.29, 0.717) is 0 Å². The van der Waals surface area contributed by atoms with Gasteiger partial charge in [-0.2, -0.15) is 0 Å². The lowest BCUT2D eigenvalue weighted by Crippen LogP contribution is -2.35. The predicted octanol–water partition coefficient (Wildman–Crippen LogP) is 1.44. The summed E-state index contributed by atoms with van der Waals surface area (Å²) in [5.41, 5.74) is 6.80. The number of hydrogen-bond acceptors (Lipinski definition) is 2. The van der Waals surface area contributed by atoms with Crippen molar-refractivity contribution in [1.82, 2.24) is 4.90 Å². The second-order valence-electron chi connectivity index (χ2n) is 4.10. The van der Waals surface area contributed by atoms with Gasteiger partial charge in [0.1, 0.15) is 0 Å². The van der Waals surface area contributed by atoms with Gasteiger partial charge in [-0.05, 0) is 30.5 Å². The van der Waals surface area contributed by atoms with E-state index in [1.165, 1.54) is 0 Å². The quantitative estimate of drug-likeness (QED) is 0.866. The van der Waals surface area contributed by atoms with Crippen molar-refractivity contribution < 1.29 is 4.79 Å². The van der Waals surface area contributed by atoms with E-state index in [4.69, 9.17) is 17.3 Å². The van der Waals surface area contributed by atoms with Crippen LogP contribution in [0, 0.1) is 0 Å². The Labute approximate surface area is 100 Å². The van der Waals surface area contributed by atoms with E-state index in [2.05, 4.69) is 0 Å². The summed E-state index contributed by atoms with van der Waals surface area (Å²) < 4.78 is 0. The van der Waals surface area contributed by atoms with Crippen LogP contribution in [0.1, 0.15) is 12.0 Å². The molecule has 1 unspecified atom stereocenters. The van der Waals surface area contributed by atoms with E-state index in [9.17, 15) is 4.79 Å². The maximum atomic E-state index is 11.6. The molecular formula is C12H15ClN2O. The minimum atomic E-state index is -0.292. The monoisotopic (exact) mass is 238 g/mol. The molecule has 1 aromatic carbocycles. The summed E-state index contributed by atoms with van der Waals surface area (Å²) in [6.45, 7) is 1.51. The Morgan fingerprint density at radius 1 is 1.50 bits per heavy atom. The van der Waals surface area contributed by atoms with Crippen LogP contribution in [-0.4, -0.2) is 29.9 Å². The molecular weight excluding hydrogens is 224 g/mol. The zero-order valence-electron chi connectivity index (χ0n) is 9.03. The lowest BCUT2D eigenvalue weighted by atomic mass is 10.1. The van der Waals surface area contributed by atoms with Crippen molar-refractivity contribution in [1.29, 1.82) is 0 Å². The van der Waals surface area contributed by atoms with Gasteiger partial charge in [-0.3, -0.25) is 4.79 Å². The SMILES string of the molecule is NC1CCN(CCc2cccc(Cl)c2)C1=O. The zero-order chi connectivity index (χ0) is 11.5. The van der Waals surface area contributed by atoms with E-state index in [-0.39, 0.29) is 11.9 Å². The van der Waals surface area contributed by atoms with Crippen molar-refractivity contribution in [2.75, 3.05) is 13.1 Å². The van der Waals surface area contributed by atoms with Gasteiger partial charge in [-0.15, -0.1) is 0 Å². The molecule has 2 rings (SSSR count). The van der Waals surface area contributed by atoms with Crippen LogP contribution < -0.4 is 5.73 Å². The molecule has 1 aromatic rings. The minimum Gasteiger partial charge on any atom is -0.341 e. The molecule has 1 amide bonds. The molecule has 1 fully saturated rings. The highest BCUT2D eigenvalue weighted by Gasteiger charge is 2.27. The van der Waals surface area contributed by atoms with Gasteiger partial charge in [0, 0.05) is 18.1 Å². The Kier molecular flexibility index (Phi) is 3.46. The van der Waals surface area contributed by atoms with Crippen molar-refractivity contribution in [2.45, 2.75) is 18.9 Å². The van der Waals surface area contributed by atoms with E-state index in [1.807, 2.05) is 29.2 Å². The largest absolute Gasteiger partial charge is 0.341 e. The summed E-state index contributed by atoms with van der Waals surface area (Å²) >= 11 is 5.89. The van der Waals surface area contributed by atoms with E-state index < -0.39 is 0 Å². The number of benzene rings is 1. The fourth-order valence-corrected chi connectivity index (χ4v) is 2.15. The van der Waals surface area contributed by atoms with Crippen LogP contribution in [0.25, 0.3) is 0 Å². The molecule has 16 heavy (non-hydrogen) atoms. The Morgan fingerprint density at radius 3 is 2.94 bits per heavy atom. The molecule has 1 aliphatic rings. The van der Waals surface area contributed by atoms with Crippen LogP contribution in [0.2, 0.25) is 5.02 Å². The predicted molar refractivity (Wildman–Crippen MR) is 64.3 cm³/mol. The van der Waals surface area contributed by atoms with Crippen molar-refractivity contribution in [2.24, 2.45) is 5.73 Å². The molecule has 2 N–H and O–H groups in total. The van der Waals surface area contributed by atoms with Gasteiger partial charge in [-0.1, -0.05) is 23.7 Å². The van der Waals surface area contributed by atoms with Crippen LogP contribution >= 0.6 is 11.6 Å². The van der Waals surface area contributed by atoms with Crippen LogP contribution in [0.3, 0.4) is 0 Å². The van der Waals surface area contributed by atoms with Crippen LogP contribution in [0.5, 0.6) is 0 Å². The summed E-state index contributed by atoms with van der Waals surface area (Å²) in [5, 5.41) is 0.738. The number of halogens is 1. The minimum absolute atomic E-state index is 0.0713. The summed E-state index contributed by atoms with van der Waals surface area (Å²) in [6.07, 6.45) is 1.60. The van der Waals surface area contributed by atoms with Gasteiger partial charge in [0.25, 0.3) is 0 Å². The maximum absolute atomic E-state index is 11.6. The number of rotatable bonds is 3. The fraction of sp³-hybridized carbons (Fsp3) is 0.417. The normalized spacial score (nSPS) is 20.5. The average Bonchev–Trinajstić information content (AvgIpc) is 2.57. The van der Waals surface area contributed by atoms with Crippen molar-refractivity contribution >= 4 is 17.5 Å². The summed E-state index contributed by atoms with van der Waals surface area (Å²) in [6, 6.07) is 7.44. The molecule has 0 aliphatic carbocycles. The van der Waals surface area contributed by atoms with E-state index in [0.717, 1.165) is 36.5 Å². The number of nitrogens with zero attached hydrogens (tertiary/aromatic N) is 1. The zero-order valence-corrected chi connectivity index (χ0v) is 9.78.